The minimum absolute atomic E-state index is 0. The number of rotatable bonds is 7. The molecule has 2 N–H and O–H groups in total. The van der Waals surface area contributed by atoms with Crippen LogP contribution in [0.3, 0.4) is 0 Å². The third kappa shape index (κ3) is 5.21. The summed E-state index contributed by atoms with van der Waals surface area (Å²) in [7, 11) is -4.61. The van der Waals surface area contributed by atoms with Crippen LogP contribution in [0.25, 0.3) is 0 Å². The quantitative estimate of drug-likeness (QED) is 0.234. The molecule has 4 fully saturated rings. The van der Waals surface area contributed by atoms with Gasteiger partial charge in [-0.1, -0.05) is 34.1 Å². The first kappa shape index (κ1) is 29.3. The zero-order valence-electron chi connectivity index (χ0n) is 21.9. The molecule has 0 saturated heterocycles. The number of hydrogen-bond donors (Lipinski definition) is 2. The van der Waals surface area contributed by atoms with E-state index in [0.717, 1.165) is 51.4 Å². The largest absolute Gasteiger partial charge is 1.00 e. The number of fused-ring (bicyclic) bond motifs is 5. The Labute approximate surface area is 229 Å². The molecule has 6 nitrogen and oxygen atoms in total. The van der Waals surface area contributed by atoms with Crippen molar-refractivity contribution >= 4 is 10.4 Å². The van der Waals surface area contributed by atoms with Gasteiger partial charge in [-0.2, -0.15) is 0 Å². The maximum Gasteiger partial charge on any atom is 1.00 e. The van der Waals surface area contributed by atoms with Crippen molar-refractivity contribution in [2.75, 3.05) is 6.61 Å². The summed E-state index contributed by atoms with van der Waals surface area (Å²) in [6.45, 7) is 9.37. The maximum absolute atomic E-state index is 11.8. The van der Waals surface area contributed by atoms with Crippen LogP contribution in [0.1, 0.15) is 91.9 Å². The topological polar surface area (TPSA) is 107 Å². The van der Waals surface area contributed by atoms with Gasteiger partial charge in [0.1, 0.15) is 0 Å². The molecule has 4 aliphatic carbocycles. The Morgan fingerprint density at radius 2 is 1.68 bits per heavy atom. The zero-order valence-corrected chi connectivity index (χ0v) is 24.7. The molecule has 8 heteroatoms. The molecule has 0 aliphatic heterocycles. The summed E-state index contributed by atoms with van der Waals surface area (Å²) in [5.74, 6) is 3.09. The summed E-state index contributed by atoms with van der Waals surface area (Å²) in [4.78, 5) is 0. The fourth-order valence-electron chi connectivity index (χ4n) is 9.70. The van der Waals surface area contributed by atoms with E-state index < -0.39 is 10.4 Å². The second kappa shape index (κ2) is 10.9. The molecule has 0 heterocycles. The molecule has 0 aromatic rings. The molecule has 0 bridgehead atoms. The first-order chi connectivity index (χ1) is 15.4. The van der Waals surface area contributed by atoms with Gasteiger partial charge in [-0.3, -0.25) is 4.18 Å². The van der Waals surface area contributed by atoms with Crippen LogP contribution >= 0.6 is 0 Å². The Morgan fingerprint density at radius 3 is 2.32 bits per heavy atom. The smallest absolute Gasteiger partial charge is 0.726 e. The Balaban J connectivity index is 0.00000324. The monoisotopic (exact) mass is 508 g/mol. The van der Waals surface area contributed by atoms with Crippen LogP contribution in [-0.4, -0.2) is 42.0 Å². The molecule has 0 spiro atoms. The number of aliphatic hydroxyl groups excluding tert-OH is 2. The molecule has 0 unspecified atom stereocenters. The fourth-order valence-corrected chi connectivity index (χ4v) is 10.0. The summed E-state index contributed by atoms with van der Waals surface area (Å²) in [5, 5.41) is 22.2. The van der Waals surface area contributed by atoms with E-state index >= 15 is 0 Å². The minimum atomic E-state index is -4.61. The van der Waals surface area contributed by atoms with Crippen molar-refractivity contribution in [2.45, 2.75) is 104 Å². The average Bonchev–Trinajstić information content (AvgIpc) is 3.09. The first-order valence-electron chi connectivity index (χ1n) is 13.4. The van der Waals surface area contributed by atoms with Gasteiger partial charge in [0, 0.05) is 0 Å². The predicted molar refractivity (Wildman–Crippen MR) is 126 cm³/mol. The molecule has 4 rings (SSSR count). The second-order valence-corrected chi connectivity index (χ2v) is 13.5. The minimum Gasteiger partial charge on any atom is -0.726 e. The van der Waals surface area contributed by atoms with Gasteiger partial charge in [-0.05, 0) is 110 Å². The molecule has 0 aromatic heterocycles. The van der Waals surface area contributed by atoms with E-state index in [2.05, 4.69) is 31.9 Å². The third-order valence-corrected chi connectivity index (χ3v) is 11.6. The molecule has 4 aliphatic rings. The predicted octanol–water partition coefficient (Wildman–Crippen LogP) is 1.51. The molecule has 0 aromatic carbocycles. The Hall–Kier alpha value is 0.790. The van der Waals surface area contributed by atoms with Crippen LogP contribution in [0.2, 0.25) is 0 Å². The van der Waals surface area contributed by atoms with Gasteiger partial charge in [0.2, 0.25) is 10.4 Å². The van der Waals surface area contributed by atoms with Gasteiger partial charge in [-0.15, -0.1) is 0 Å². The van der Waals surface area contributed by atoms with Gasteiger partial charge in [-0.25, -0.2) is 8.42 Å². The number of aliphatic hydroxyl groups is 2. The first-order valence-corrected chi connectivity index (χ1v) is 14.7. The Bertz CT molecular complexity index is 807. The Morgan fingerprint density at radius 1 is 1.03 bits per heavy atom. The normalized spacial score (nSPS) is 47.1. The molecular formula is C26H45NaO6S. The van der Waals surface area contributed by atoms with Crippen LogP contribution in [-0.2, 0) is 14.6 Å². The summed E-state index contributed by atoms with van der Waals surface area (Å²) < 4.78 is 36.6. The van der Waals surface area contributed by atoms with Crippen LogP contribution in [0, 0.1) is 52.3 Å². The van der Waals surface area contributed by atoms with E-state index in [1.54, 1.807) is 0 Å². The van der Waals surface area contributed by atoms with Gasteiger partial charge in [0.25, 0.3) is 0 Å². The maximum atomic E-state index is 11.8. The van der Waals surface area contributed by atoms with Gasteiger partial charge in [0.15, 0.2) is 0 Å². The molecule has 192 valence electrons. The van der Waals surface area contributed by atoms with E-state index in [-0.39, 0.29) is 65.1 Å². The summed E-state index contributed by atoms with van der Waals surface area (Å²) >= 11 is 0. The van der Waals surface area contributed by atoms with Crippen molar-refractivity contribution in [1.29, 1.82) is 0 Å². The summed E-state index contributed by atoms with van der Waals surface area (Å²) in [5.41, 5.74) is 0.415. The van der Waals surface area contributed by atoms with E-state index in [0.29, 0.717) is 41.9 Å². The van der Waals surface area contributed by atoms with E-state index in [1.807, 2.05) is 0 Å². The standard InChI is InChI=1S/C26H46O6S.Na/c1-5-18-22-15-17(27)10-12-26(22,4)21-11-13-25(3)19(8-9-20(25)23(21)24(18)28)16(2)7-6-14-32-33(29,30)31;/h16-24,27-28H,5-15H2,1-4H3,(H,29,30,31);/q;+1/p-1/t16-,17-,18-,19-,20+,21+,22+,23+,24-,25-,26-;/m1./s1. The molecule has 34 heavy (non-hydrogen) atoms. The molecular weight excluding hydrogens is 463 g/mol. The fraction of sp³-hybridized carbons (Fsp3) is 1.00. The van der Waals surface area contributed by atoms with E-state index in [1.165, 1.54) is 6.42 Å². The number of hydrogen-bond acceptors (Lipinski definition) is 6. The molecule has 0 amide bonds. The SMILES string of the molecule is CC[C@H]1[C@@H](O)[C@@H]2[C@H](CC[C@]3(C)[C@@H]([C@H](C)CCCOS(=O)(=O)[O-])CC[C@@H]23)[C@@]2(C)CC[C@@H](O)C[C@@H]12.[Na+]. The van der Waals surface area contributed by atoms with Crippen molar-refractivity contribution < 1.29 is 56.9 Å². The molecule has 4 saturated carbocycles. The van der Waals surface area contributed by atoms with Crippen LogP contribution < -0.4 is 29.6 Å². The average molecular weight is 509 g/mol. The van der Waals surface area contributed by atoms with Gasteiger partial charge in [0.05, 0.1) is 18.8 Å². The summed E-state index contributed by atoms with van der Waals surface area (Å²) in [6.07, 6.45) is 9.40. The van der Waals surface area contributed by atoms with E-state index in [9.17, 15) is 23.2 Å². The van der Waals surface area contributed by atoms with Crippen molar-refractivity contribution in [2.24, 2.45) is 52.3 Å². The van der Waals surface area contributed by atoms with Gasteiger partial charge >= 0.3 is 29.6 Å². The third-order valence-electron chi connectivity index (χ3n) is 11.2. The van der Waals surface area contributed by atoms with Crippen LogP contribution in [0.15, 0.2) is 0 Å². The van der Waals surface area contributed by atoms with Crippen LogP contribution in [0.5, 0.6) is 0 Å². The van der Waals surface area contributed by atoms with Crippen LogP contribution in [0.4, 0.5) is 0 Å². The molecule has 0 radical (unpaired) electrons. The summed E-state index contributed by atoms with van der Waals surface area (Å²) in [6, 6.07) is 0. The Kier molecular flexibility index (Phi) is 9.39. The van der Waals surface area contributed by atoms with Crippen molar-refractivity contribution in [1.82, 2.24) is 0 Å². The van der Waals surface area contributed by atoms with Crippen molar-refractivity contribution in [3.8, 4) is 0 Å². The van der Waals surface area contributed by atoms with Crippen molar-refractivity contribution in [3.63, 3.8) is 0 Å². The van der Waals surface area contributed by atoms with E-state index in [4.69, 9.17) is 0 Å². The molecule has 11 atom stereocenters. The van der Waals surface area contributed by atoms with Crippen molar-refractivity contribution in [3.05, 3.63) is 0 Å². The second-order valence-electron chi connectivity index (χ2n) is 12.5. The van der Waals surface area contributed by atoms with Gasteiger partial charge < -0.3 is 14.8 Å². The zero-order chi connectivity index (χ0) is 24.2.